The number of carbonyl (C=O) groups excluding carboxylic acids is 1. The van der Waals surface area contributed by atoms with Gasteiger partial charge in [0, 0.05) is 42.3 Å². The van der Waals surface area contributed by atoms with Crippen molar-refractivity contribution >= 4 is 24.0 Å². The SMILES string of the molecule is Cc1cc(=O)c(C(=O)Nc2ccc3c(c2)CNCCO3)c[nH]1.Cl. The lowest BCUT2D eigenvalue weighted by molar-refractivity contribution is 0.102. The first-order chi connectivity index (χ1) is 10.6. The number of amides is 1. The van der Waals surface area contributed by atoms with Crippen LogP contribution in [-0.2, 0) is 6.54 Å². The van der Waals surface area contributed by atoms with Crippen molar-refractivity contribution < 1.29 is 9.53 Å². The Morgan fingerprint density at radius 3 is 2.91 bits per heavy atom. The van der Waals surface area contributed by atoms with Crippen molar-refractivity contribution in [2.75, 3.05) is 18.5 Å². The first kappa shape index (κ1) is 17.1. The van der Waals surface area contributed by atoms with Crippen LogP contribution in [0.15, 0.2) is 35.3 Å². The Balaban J connectivity index is 0.00000192. The largest absolute Gasteiger partial charge is 0.492 e. The zero-order valence-corrected chi connectivity index (χ0v) is 13.5. The molecule has 3 N–H and O–H groups in total. The lowest BCUT2D eigenvalue weighted by atomic mass is 10.1. The fraction of sp³-hybridized carbons (Fsp3) is 0.250. The molecular formula is C16H18ClN3O3. The van der Waals surface area contributed by atoms with Crippen LogP contribution < -0.4 is 20.8 Å². The molecule has 0 aliphatic carbocycles. The van der Waals surface area contributed by atoms with Crippen LogP contribution in [0.4, 0.5) is 5.69 Å². The number of ether oxygens (including phenoxy) is 1. The maximum absolute atomic E-state index is 12.2. The summed E-state index contributed by atoms with van der Waals surface area (Å²) >= 11 is 0. The number of nitrogens with one attached hydrogen (secondary N) is 3. The number of halogens is 1. The molecule has 0 atom stereocenters. The van der Waals surface area contributed by atoms with Crippen LogP contribution in [0.2, 0.25) is 0 Å². The number of rotatable bonds is 2. The van der Waals surface area contributed by atoms with Gasteiger partial charge in [-0.1, -0.05) is 0 Å². The highest BCUT2D eigenvalue weighted by molar-refractivity contribution is 6.04. The minimum Gasteiger partial charge on any atom is -0.492 e. The first-order valence-electron chi connectivity index (χ1n) is 7.10. The molecule has 0 bridgehead atoms. The van der Waals surface area contributed by atoms with Gasteiger partial charge in [-0.15, -0.1) is 12.4 Å². The lowest BCUT2D eigenvalue weighted by Gasteiger charge is -2.10. The van der Waals surface area contributed by atoms with Gasteiger partial charge in [0.15, 0.2) is 5.43 Å². The van der Waals surface area contributed by atoms with Gasteiger partial charge in [0.1, 0.15) is 17.9 Å². The van der Waals surface area contributed by atoms with Gasteiger partial charge in [-0.25, -0.2) is 0 Å². The third-order valence-corrected chi connectivity index (χ3v) is 3.47. The van der Waals surface area contributed by atoms with E-state index in [1.54, 1.807) is 13.0 Å². The predicted molar refractivity (Wildman–Crippen MR) is 90.6 cm³/mol. The Hall–Kier alpha value is -2.31. The van der Waals surface area contributed by atoms with Gasteiger partial charge in [0.2, 0.25) is 0 Å². The molecule has 7 heteroatoms. The van der Waals surface area contributed by atoms with E-state index in [0.717, 1.165) is 23.6 Å². The van der Waals surface area contributed by atoms with Crippen LogP contribution >= 0.6 is 12.4 Å². The maximum Gasteiger partial charge on any atom is 0.261 e. The van der Waals surface area contributed by atoms with E-state index in [1.165, 1.54) is 12.3 Å². The molecule has 3 rings (SSSR count). The van der Waals surface area contributed by atoms with Crippen LogP contribution in [0.3, 0.4) is 0 Å². The molecule has 0 saturated heterocycles. The Morgan fingerprint density at radius 1 is 1.30 bits per heavy atom. The Labute approximate surface area is 139 Å². The number of carbonyl (C=O) groups is 1. The molecule has 1 aromatic carbocycles. The summed E-state index contributed by atoms with van der Waals surface area (Å²) in [4.78, 5) is 26.9. The summed E-state index contributed by atoms with van der Waals surface area (Å²) in [6, 6.07) is 6.86. The minimum absolute atomic E-state index is 0. The maximum atomic E-state index is 12.2. The third kappa shape index (κ3) is 3.91. The number of benzene rings is 1. The van der Waals surface area contributed by atoms with Crippen molar-refractivity contribution in [1.82, 2.24) is 10.3 Å². The molecule has 2 heterocycles. The zero-order chi connectivity index (χ0) is 15.5. The van der Waals surface area contributed by atoms with E-state index in [0.29, 0.717) is 18.8 Å². The van der Waals surface area contributed by atoms with Crippen molar-refractivity contribution in [1.29, 1.82) is 0 Å². The topological polar surface area (TPSA) is 83.2 Å². The normalized spacial score (nSPS) is 13.1. The minimum atomic E-state index is -0.427. The van der Waals surface area contributed by atoms with Gasteiger partial charge in [-0.05, 0) is 25.1 Å². The average Bonchev–Trinajstić information content (AvgIpc) is 2.71. The quantitative estimate of drug-likeness (QED) is 0.782. The summed E-state index contributed by atoms with van der Waals surface area (Å²) in [6.45, 7) is 3.86. The summed E-state index contributed by atoms with van der Waals surface area (Å²) in [5.74, 6) is 0.389. The highest BCUT2D eigenvalue weighted by Crippen LogP contribution is 2.24. The lowest BCUT2D eigenvalue weighted by Crippen LogP contribution is -2.21. The van der Waals surface area contributed by atoms with E-state index in [1.807, 2.05) is 12.1 Å². The molecule has 0 saturated carbocycles. The summed E-state index contributed by atoms with van der Waals surface area (Å²) in [5, 5.41) is 5.99. The molecule has 0 unspecified atom stereocenters. The van der Waals surface area contributed by atoms with E-state index in [4.69, 9.17) is 4.74 Å². The summed E-state index contributed by atoms with van der Waals surface area (Å²) < 4.78 is 5.60. The van der Waals surface area contributed by atoms with Crippen molar-refractivity contribution in [3.8, 4) is 5.75 Å². The number of aromatic amines is 1. The summed E-state index contributed by atoms with van der Waals surface area (Å²) in [7, 11) is 0. The van der Waals surface area contributed by atoms with Crippen molar-refractivity contribution in [3.63, 3.8) is 0 Å². The zero-order valence-electron chi connectivity index (χ0n) is 12.6. The number of anilines is 1. The Morgan fingerprint density at radius 2 is 2.13 bits per heavy atom. The fourth-order valence-electron chi connectivity index (χ4n) is 2.34. The van der Waals surface area contributed by atoms with Crippen LogP contribution in [0.5, 0.6) is 5.75 Å². The number of pyridine rings is 1. The van der Waals surface area contributed by atoms with Crippen molar-refractivity contribution in [2.45, 2.75) is 13.5 Å². The van der Waals surface area contributed by atoms with Gasteiger partial charge < -0.3 is 20.4 Å². The predicted octanol–water partition coefficient (Wildman–Crippen LogP) is 1.84. The van der Waals surface area contributed by atoms with Gasteiger partial charge in [-0.2, -0.15) is 0 Å². The number of aryl methyl sites for hydroxylation is 1. The molecule has 2 aromatic rings. The molecule has 6 nitrogen and oxygen atoms in total. The van der Waals surface area contributed by atoms with E-state index < -0.39 is 5.91 Å². The molecule has 0 radical (unpaired) electrons. The van der Waals surface area contributed by atoms with Crippen LogP contribution in [-0.4, -0.2) is 24.0 Å². The molecule has 1 aliphatic heterocycles. The molecule has 23 heavy (non-hydrogen) atoms. The van der Waals surface area contributed by atoms with Gasteiger partial charge in [0.05, 0.1) is 0 Å². The second-order valence-electron chi connectivity index (χ2n) is 5.20. The van der Waals surface area contributed by atoms with E-state index in [9.17, 15) is 9.59 Å². The molecule has 1 aromatic heterocycles. The van der Waals surface area contributed by atoms with Crippen LogP contribution in [0.1, 0.15) is 21.6 Å². The van der Waals surface area contributed by atoms with Gasteiger partial charge in [-0.3, -0.25) is 9.59 Å². The van der Waals surface area contributed by atoms with E-state index >= 15 is 0 Å². The number of hydrogen-bond donors (Lipinski definition) is 3. The highest BCUT2D eigenvalue weighted by atomic mass is 35.5. The molecular weight excluding hydrogens is 318 g/mol. The fourth-order valence-corrected chi connectivity index (χ4v) is 2.34. The van der Waals surface area contributed by atoms with Crippen molar-refractivity contribution in [3.05, 3.63) is 57.5 Å². The number of aromatic nitrogens is 1. The third-order valence-electron chi connectivity index (χ3n) is 3.47. The molecule has 0 spiro atoms. The second-order valence-corrected chi connectivity index (χ2v) is 5.20. The van der Waals surface area contributed by atoms with Crippen LogP contribution in [0.25, 0.3) is 0 Å². The molecule has 0 fully saturated rings. The first-order valence-corrected chi connectivity index (χ1v) is 7.10. The second kappa shape index (κ2) is 7.30. The Bertz CT molecular complexity index is 773. The van der Waals surface area contributed by atoms with E-state index in [-0.39, 0.29) is 23.4 Å². The number of hydrogen-bond acceptors (Lipinski definition) is 4. The monoisotopic (exact) mass is 335 g/mol. The highest BCUT2D eigenvalue weighted by Gasteiger charge is 2.13. The molecule has 1 aliphatic rings. The molecule has 122 valence electrons. The van der Waals surface area contributed by atoms with E-state index in [2.05, 4.69) is 15.6 Å². The smallest absolute Gasteiger partial charge is 0.261 e. The number of H-pyrrole nitrogens is 1. The van der Waals surface area contributed by atoms with Gasteiger partial charge in [0.25, 0.3) is 5.91 Å². The average molecular weight is 336 g/mol. The van der Waals surface area contributed by atoms with Crippen molar-refractivity contribution in [2.24, 2.45) is 0 Å². The Kier molecular flexibility index (Phi) is 5.41. The molecule has 1 amide bonds. The summed E-state index contributed by atoms with van der Waals surface area (Å²) in [6.07, 6.45) is 1.43. The number of fused-ring (bicyclic) bond motifs is 1. The van der Waals surface area contributed by atoms with Gasteiger partial charge >= 0.3 is 0 Å². The standard InChI is InChI=1S/C16H17N3O3.ClH/c1-10-6-14(20)13(9-18-10)16(21)19-12-2-3-15-11(7-12)8-17-4-5-22-15;/h2-3,6-7,9,17H,4-5,8H2,1H3,(H,18,20)(H,19,21);1H. The van der Waals surface area contributed by atoms with Crippen LogP contribution in [0, 0.1) is 6.92 Å². The summed E-state index contributed by atoms with van der Waals surface area (Å²) in [5.41, 5.74) is 2.13.